The van der Waals surface area contributed by atoms with Gasteiger partial charge < -0.3 is 15.4 Å². The van der Waals surface area contributed by atoms with Crippen molar-refractivity contribution in [3.8, 4) is 5.88 Å². The molecule has 0 radical (unpaired) electrons. The van der Waals surface area contributed by atoms with Crippen LogP contribution in [-0.2, 0) is 0 Å². The average Bonchev–Trinajstić information content (AvgIpc) is 3.13. The van der Waals surface area contributed by atoms with E-state index in [1.54, 1.807) is 6.20 Å². The monoisotopic (exact) mass is 235 g/mol. The van der Waals surface area contributed by atoms with Crippen LogP contribution in [0, 0.1) is 0 Å². The minimum Gasteiger partial charge on any atom is -0.476 e. The maximum atomic E-state index is 5.76. The van der Waals surface area contributed by atoms with Crippen molar-refractivity contribution in [3.63, 3.8) is 0 Å². The van der Waals surface area contributed by atoms with Gasteiger partial charge in [0.1, 0.15) is 6.61 Å². The minimum atomic E-state index is 0.0255. The Labute approximate surface area is 103 Å². The quantitative estimate of drug-likeness (QED) is 0.813. The average molecular weight is 235 g/mol. The molecule has 0 aromatic carbocycles. The van der Waals surface area contributed by atoms with Crippen LogP contribution in [-0.4, -0.2) is 36.1 Å². The van der Waals surface area contributed by atoms with Crippen LogP contribution in [0.2, 0.25) is 0 Å². The Kier molecular flexibility index (Phi) is 3.97. The van der Waals surface area contributed by atoms with Crippen molar-refractivity contribution in [2.45, 2.75) is 31.8 Å². The summed E-state index contributed by atoms with van der Waals surface area (Å²) < 4.78 is 5.60. The first-order valence-electron chi connectivity index (χ1n) is 6.21. The molecule has 1 aliphatic rings. The topological polar surface area (TPSA) is 51.4 Å². The fourth-order valence-corrected chi connectivity index (χ4v) is 1.74. The number of nitrogens with zero attached hydrogens (tertiary/aromatic N) is 2. The van der Waals surface area contributed by atoms with Crippen molar-refractivity contribution in [1.82, 2.24) is 9.88 Å². The number of ether oxygens (including phenoxy) is 1. The molecule has 2 rings (SSSR count). The van der Waals surface area contributed by atoms with Crippen LogP contribution in [0.4, 0.5) is 0 Å². The zero-order valence-corrected chi connectivity index (χ0v) is 10.6. The summed E-state index contributed by atoms with van der Waals surface area (Å²) >= 11 is 0. The van der Waals surface area contributed by atoms with Crippen LogP contribution in [0.5, 0.6) is 5.88 Å². The second-order valence-electron chi connectivity index (χ2n) is 4.78. The number of hydrogen-bond donors (Lipinski definition) is 1. The highest BCUT2D eigenvalue weighted by molar-refractivity contribution is 5.19. The van der Waals surface area contributed by atoms with Crippen molar-refractivity contribution in [2.24, 2.45) is 5.73 Å². The van der Waals surface area contributed by atoms with E-state index in [0.29, 0.717) is 12.5 Å². The Morgan fingerprint density at radius 1 is 1.53 bits per heavy atom. The predicted octanol–water partition coefficient (Wildman–Crippen LogP) is 1.57. The van der Waals surface area contributed by atoms with Crippen molar-refractivity contribution >= 4 is 0 Å². The molecule has 0 saturated heterocycles. The SMILES string of the molecule is CC(N)c1ccc(OCCN(C)C2CC2)nc1. The highest BCUT2D eigenvalue weighted by Crippen LogP contribution is 2.24. The van der Waals surface area contributed by atoms with Gasteiger partial charge in [0.15, 0.2) is 0 Å². The highest BCUT2D eigenvalue weighted by Gasteiger charge is 2.25. The summed E-state index contributed by atoms with van der Waals surface area (Å²) in [7, 11) is 2.15. The molecule has 4 nitrogen and oxygen atoms in total. The summed E-state index contributed by atoms with van der Waals surface area (Å²) in [6.45, 7) is 3.60. The Morgan fingerprint density at radius 3 is 2.82 bits per heavy atom. The fraction of sp³-hybridized carbons (Fsp3) is 0.615. The van der Waals surface area contributed by atoms with Crippen LogP contribution >= 0.6 is 0 Å². The summed E-state index contributed by atoms with van der Waals surface area (Å²) in [5.74, 6) is 0.679. The molecule has 4 heteroatoms. The lowest BCUT2D eigenvalue weighted by Crippen LogP contribution is -2.26. The molecule has 1 unspecified atom stereocenters. The van der Waals surface area contributed by atoms with E-state index in [0.717, 1.165) is 18.2 Å². The van der Waals surface area contributed by atoms with Crippen LogP contribution in [0.25, 0.3) is 0 Å². The summed E-state index contributed by atoms with van der Waals surface area (Å²) in [6, 6.07) is 4.66. The van der Waals surface area contributed by atoms with E-state index in [2.05, 4.69) is 16.9 Å². The van der Waals surface area contributed by atoms with Gasteiger partial charge in [-0.2, -0.15) is 0 Å². The van der Waals surface area contributed by atoms with Crippen molar-refractivity contribution in [2.75, 3.05) is 20.2 Å². The van der Waals surface area contributed by atoms with Gasteiger partial charge in [-0.05, 0) is 32.4 Å². The zero-order valence-electron chi connectivity index (χ0n) is 10.6. The first-order chi connectivity index (χ1) is 8.16. The van der Waals surface area contributed by atoms with Gasteiger partial charge in [-0.15, -0.1) is 0 Å². The normalized spacial score (nSPS) is 17.2. The molecule has 1 atom stereocenters. The molecule has 1 aliphatic carbocycles. The second-order valence-corrected chi connectivity index (χ2v) is 4.78. The molecule has 1 saturated carbocycles. The van der Waals surface area contributed by atoms with Crippen molar-refractivity contribution in [3.05, 3.63) is 23.9 Å². The Hall–Kier alpha value is -1.13. The van der Waals surface area contributed by atoms with Crippen LogP contribution in [0.15, 0.2) is 18.3 Å². The number of nitrogens with two attached hydrogens (primary N) is 1. The van der Waals surface area contributed by atoms with Crippen molar-refractivity contribution < 1.29 is 4.74 Å². The van der Waals surface area contributed by atoms with Crippen molar-refractivity contribution in [1.29, 1.82) is 0 Å². The van der Waals surface area contributed by atoms with E-state index in [9.17, 15) is 0 Å². The van der Waals surface area contributed by atoms with Gasteiger partial charge in [0.2, 0.25) is 5.88 Å². The number of aromatic nitrogens is 1. The standard InChI is InChI=1S/C13H21N3O/c1-10(14)11-3-6-13(15-9-11)17-8-7-16(2)12-4-5-12/h3,6,9-10,12H,4-5,7-8,14H2,1-2H3. The third-order valence-electron chi connectivity index (χ3n) is 3.15. The van der Waals surface area contributed by atoms with Gasteiger partial charge >= 0.3 is 0 Å². The van der Waals surface area contributed by atoms with Crippen LogP contribution < -0.4 is 10.5 Å². The molecule has 1 fully saturated rings. The maximum Gasteiger partial charge on any atom is 0.213 e. The van der Waals surface area contributed by atoms with E-state index in [1.165, 1.54) is 12.8 Å². The van der Waals surface area contributed by atoms with Crippen LogP contribution in [0.3, 0.4) is 0 Å². The predicted molar refractivity (Wildman–Crippen MR) is 68.0 cm³/mol. The number of likely N-dealkylation sites (N-methyl/N-ethyl adjacent to an activating group) is 1. The number of pyridine rings is 1. The Balaban J connectivity index is 1.74. The summed E-state index contributed by atoms with van der Waals surface area (Å²) in [5.41, 5.74) is 6.79. The summed E-state index contributed by atoms with van der Waals surface area (Å²) in [6.07, 6.45) is 4.44. The van der Waals surface area contributed by atoms with Gasteiger partial charge in [0, 0.05) is 30.9 Å². The molecule has 1 aromatic rings. The molecule has 2 N–H and O–H groups in total. The van der Waals surface area contributed by atoms with E-state index in [-0.39, 0.29) is 6.04 Å². The summed E-state index contributed by atoms with van der Waals surface area (Å²) in [4.78, 5) is 6.58. The number of hydrogen-bond acceptors (Lipinski definition) is 4. The summed E-state index contributed by atoms with van der Waals surface area (Å²) in [5, 5.41) is 0. The van der Waals surface area contributed by atoms with Gasteiger partial charge in [-0.25, -0.2) is 4.98 Å². The fourth-order valence-electron chi connectivity index (χ4n) is 1.74. The first-order valence-corrected chi connectivity index (χ1v) is 6.21. The molecule has 0 bridgehead atoms. The first kappa shape index (κ1) is 12.3. The lowest BCUT2D eigenvalue weighted by atomic mass is 10.2. The highest BCUT2D eigenvalue weighted by atomic mass is 16.5. The van der Waals surface area contributed by atoms with Gasteiger partial charge in [0.25, 0.3) is 0 Å². The Morgan fingerprint density at radius 2 is 2.29 bits per heavy atom. The smallest absolute Gasteiger partial charge is 0.213 e. The zero-order chi connectivity index (χ0) is 12.3. The lowest BCUT2D eigenvalue weighted by Gasteiger charge is -2.15. The van der Waals surface area contributed by atoms with Crippen LogP contribution in [0.1, 0.15) is 31.4 Å². The molecular weight excluding hydrogens is 214 g/mol. The number of rotatable bonds is 6. The molecule has 1 aromatic heterocycles. The third kappa shape index (κ3) is 3.68. The third-order valence-corrected chi connectivity index (χ3v) is 3.15. The van der Waals surface area contributed by atoms with E-state index in [1.807, 2.05) is 19.1 Å². The maximum absolute atomic E-state index is 5.76. The van der Waals surface area contributed by atoms with E-state index >= 15 is 0 Å². The molecule has 94 valence electrons. The largest absolute Gasteiger partial charge is 0.476 e. The van der Waals surface area contributed by atoms with Gasteiger partial charge in [-0.1, -0.05) is 6.07 Å². The van der Waals surface area contributed by atoms with E-state index in [4.69, 9.17) is 10.5 Å². The molecule has 0 amide bonds. The molecule has 1 heterocycles. The molecule has 0 spiro atoms. The van der Waals surface area contributed by atoms with Gasteiger partial charge in [-0.3, -0.25) is 0 Å². The molecule has 17 heavy (non-hydrogen) atoms. The molecule has 0 aliphatic heterocycles. The Bertz CT molecular complexity index is 346. The lowest BCUT2D eigenvalue weighted by molar-refractivity contribution is 0.226. The minimum absolute atomic E-state index is 0.0255. The van der Waals surface area contributed by atoms with E-state index < -0.39 is 0 Å². The van der Waals surface area contributed by atoms with Gasteiger partial charge in [0.05, 0.1) is 0 Å². The molecular formula is C13H21N3O. The second kappa shape index (κ2) is 5.47.